The molecule has 0 saturated heterocycles. The third-order valence-corrected chi connectivity index (χ3v) is 5.31. The Morgan fingerprint density at radius 3 is 2.85 bits per heavy atom. The van der Waals surface area contributed by atoms with Crippen molar-refractivity contribution in [3.05, 3.63) is 47.6 Å². The lowest BCUT2D eigenvalue weighted by molar-refractivity contribution is -0.125. The molecule has 7 nitrogen and oxygen atoms in total. The maximum Gasteiger partial charge on any atom is 0.270 e. The van der Waals surface area contributed by atoms with E-state index in [1.165, 1.54) is 11.3 Å². The van der Waals surface area contributed by atoms with E-state index in [2.05, 4.69) is 20.6 Å². The monoisotopic (exact) mass is 382 g/mol. The van der Waals surface area contributed by atoms with Gasteiger partial charge in [-0.2, -0.15) is 0 Å². The van der Waals surface area contributed by atoms with Gasteiger partial charge in [-0.25, -0.2) is 4.98 Å². The summed E-state index contributed by atoms with van der Waals surface area (Å²) < 4.78 is 6.04. The molecule has 8 heteroatoms. The largest absolute Gasteiger partial charge is 0.488 e. The molecule has 1 aliphatic carbocycles. The summed E-state index contributed by atoms with van der Waals surface area (Å²) in [5.74, 6) is 0.258. The van der Waals surface area contributed by atoms with Crippen molar-refractivity contribution in [1.82, 2.24) is 15.3 Å². The van der Waals surface area contributed by atoms with Crippen LogP contribution in [-0.4, -0.2) is 34.9 Å². The Balaban J connectivity index is 1.33. The number of benzene rings is 1. The molecule has 27 heavy (non-hydrogen) atoms. The fourth-order valence-corrected chi connectivity index (χ4v) is 3.69. The Morgan fingerprint density at radius 2 is 2.04 bits per heavy atom. The molecule has 0 spiro atoms. The van der Waals surface area contributed by atoms with Gasteiger partial charge in [-0.1, -0.05) is 18.2 Å². The average Bonchev–Trinajstić information content (AvgIpc) is 3.12. The zero-order chi connectivity index (χ0) is 18.8. The number of carbonyl (C=O) groups excluding carboxylic acids is 2. The lowest BCUT2D eigenvalue weighted by Gasteiger charge is -2.34. The van der Waals surface area contributed by atoms with E-state index in [4.69, 9.17) is 4.74 Å². The maximum absolute atomic E-state index is 12.3. The molecule has 1 fully saturated rings. The average molecular weight is 382 g/mol. The van der Waals surface area contributed by atoms with Crippen LogP contribution in [0.4, 0.5) is 5.13 Å². The summed E-state index contributed by atoms with van der Waals surface area (Å²) in [6, 6.07) is 9.72. The van der Waals surface area contributed by atoms with Gasteiger partial charge < -0.3 is 15.4 Å². The first-order chi connectivity index (χ1) is 13.1. The fourth-order valence-electron chi connectivity index (χ4n) is 3.00. The number of carbonyl (C=O) groups is 2. The number of thiazole rings is 1. The number of nitrogens with zero attached hydrogens (tertiary/aromatic N) is 2. The SMILES string of the molecule is CNC(=O)c1csc(NC(=O)C2CC(Oc3cccc4cccnc34)C2)n1. The first-order valence-corrected chi connectivity index (χ1v) is 9.51. The number of ether oxygens (including phenoxy) is 1. The molecule has 2 heterocycles. The second-order valence-electron chi connectivity index (χ2n) is 6.35. The Labute approximate surface area is 159 Å². The van der Waals surface area contributed by atoms with E-state index >= 15 is 0 Å². The van der Waals surface area contributed by atoms with Crippen LogP contribution in [-0.2, 0) is 4.79 Å². The van der Waals surface area contributed by atoms with Crippen molar-refractivity contribution in [3.63, 3.8) is 0 Å². The first kappa shape index (κ1) is 17.4. The molecule has 1 aliphatic rings. The molecule has 0 unspecified atom stereocenters. The van der Waals surface area contributed by atoms with Gasteiger partial charge in [-0.3, -0.25) is 14.6 Å². The van der Waals surface area contributed by atoms with Crippen molar-refractivity contribution in [1.29, 1.82) is 0 Å². The summed E-state index contributed by atoms with van der Waals surface area (Å²) in [5.41, 5.74) is 1.13. The lowest BCUT2D eigenvalue weighted by Crippen LogP contribution is -2.40. The van der Waals surface area contributed by atoms with Gasteiger partial charge in [-0.15, -0.1) is 11.3 Å². The molecule has 3 aromatic rings. The van der Waals surface area contributed by atoms with Gasteiger partial charge in [0.1, 0.15) is 23.1 Å². The van der Waals surface area contributed by atoms with Crippen molar-refractivity contribution in [2.45, 2.75) is 18.9 Å². The van der Waals surface area contributed by atoms with Crippen molar-refractivity contribution >= 4 is 39.2 Å². The zero-order valence-electron chi connectivity index (χ0n) is 14.6. The number of rotatable bonds is 5. The molecule has 138 valence electrons. The van der Waals surface area contributed by atoms with Crippen LogP contribution in [0.1, 0.15) is 23.3 Å². The Kier molecular flexibility index (Phi) is 4.72. The van der Waals surface area contributed by atoms with E-state index < -0.39 is 0 Å². The summed E-state index contributed by atoms with van der Waals surface area (Å²) in [5, 5.41) is 8.36. The second-order valence-corrected chi connectivity index (χ2v) is 7.20. The standard InChI is InChI=1S/C19H18N4O3S/c1-20-18(25)14-10-27-19(22-14)23-17(24)12-8-13(9-12)26-15-6-2-4-11-5-3-7-21-16(11)15/h2-7,10,12-13H,8-9H2,1H3,(H,20,25)(H,22,23,24). The quantitative estimate of drug-likeness (QED) is 0.708. The Morgan fingerprint density at radius 1 is 1.22 bits per heavy atom. The van der Waals surface area contributed by atoms with Crippen LogP contribution in [0.3, 0.4) is 0 Å². The highest BCUT2D eigenvalue weighted by Gasteiger charge is 2.36. The predicted molar refractivity (Wildman–Crippen MR) is 103 cm³/mol. The number of para-hydroxylation sites is 1. The first-order valence-electron chi connectivity index (χ1n) is 8.63. The number of amides is 2. The van der Waals surface area contributed by atoms with Crippen LogP contribution >= 0.6 is 11.3 Å². The molecular weight excluding hydrogens is 364 g/mol. The van der Waals surface area contributed by atoms with Crippen LogP contribution in [0.15, 0.2) is 41.9 Å². The van der Waals surface area contributed by atoms with Crippen LogP contribution in [0.5, 0.6) is 5.75 Å². The Bertz CT molecular complexity index is 992. The molecule has 4 rings (SSSR count). The smallest absolute Gasteiger partial charge is 0.270 e. The number of hydrogen-bond donors (Lipinski definition) is 2. The molecule has 1 saturated carbocycles. The summed E-state index contributed by atoms with van der Waals surface area (Å²) in [6.45, 7) is 0. The lowest BCUT2D eigenvalue weighted by atomic mass is 9.81. The highest BCUT2D eigenvalue weighted by molar-refractivity contribution is 7.14. The minimum absolute atomic E-state index is 0.00826. The van der Waals surface area contributed by atoms with Gasteiger partial charge in [0, 0.05) is 29.9 Å². The van der Waals surface area contributed by atoms with E-state index in [9.17, 15) is 9.59 Å². The van der Waals surface area contributed by atoms with Crippen LogP contribution in [0, 0.1) is 5.92 Å². The van der Waals surface area contributed by atoms with E-state index in [1.807, 2.05) is 30.3 Å². The Hall–Kier alpha value is -3.00. The van der Waals surface area contributed by atoms with Crippen LogP contribution < -0.4 is 15.4 Å². The van der Waals surface area contributed by atoms with Gasteiger partial charge in [0.05, 0.1) is 0 Å². The van der Waals surface area contributed by atoms with Crippen LogP contribution in [0.2, 0.25) is 0 Å². The number of hydrogen-bond acceptors (Lipinski definition) is 6. The topological polar surface area (TPSA) is 93.2 Å². The maximum atomic E-state index is 12.3. The van der Waals surface area contributed by atoms with E-state index in [-0.39, 0.29) is 23.8 Å². The fraction of sp³-hybridized carbons (Fsp3) is 0.263. The van der Waals surface area contributed by atoms with E-state index in [1.54, 1.807) is 18.6 Å². The molecule has 0 aliphatic heterocycles. The number of pyridine rings is 1. The molecule has 0 bridgehead atoms. The van der Waals surface area contributed by atoms with Crippen molar-refractivity contribution < 1.29 is 14.3 Å². The van der Waals surface area contributed by atoms with E-state index in [0.717, 1.165) is 16.7 Å². The minimum Gasteiger partial charge on any atom is -0.488 e. The van der Waals surface area contributed by atoms with Crippen molar-refractivity contribution in [2.24, 2.45) is 5.92 Å². The summed E-state index contributed by atoms with van der Waals surface area (Å²) in [4.78, 5) is 32.4. The van der Waals surface area contributed by atoms with Crippen molar-refractivity contribution in [3.8, 4) is 5.75 Å². The third-order valence-electron chi connectivity index (χ3n) is 4.55. The molecular formula is C19H18N4O3S. The number of fused-ring (bicyclic) bond motifs is 1. The van der Waals surface area contributed by atoms with Gasteiger partial charge in [0.15, 0.2) is 5.13 Å². The van der Waals surface area contributed by atoms with Gasteiger partial charge in [0.2, 0.25) is 5.91 Å². The number of nitrogens with one attached hydrogen (secondary N) is 2. The van der Waals surface area contributed by atoms with E-state index in [0.29, 0.717) is 23.7 Å². The highest BCUT2D eigenvalue weighted by Crippen LogP contribution is 2.34. The summed E-state index contributed by atoms with van der Waals surface area (Å²) in [7, 11) is 1.54. The highest BCUT2D eigenvalue weighted by atomic mass is 32.1. The van der Waals surface area contributed by atoms with Gasteiger partial charge in [0.25, 0.3) is 5.91 Å². The number of anilines is 1. The molecule has 0 radical (unpaired) electrons. The number of aromatic nitrogens is 2. The minimum atomic E-state index is -0.271. The zero-order valence-corrected chi connectivity index (χ0v) is 15.5. The molecule has 2 amide bonds. The second kappa shape index (κ2) is 7.32. The summed E-state index contributed by atoms with van der Waals surface area (Å²) >= 11 is 1.23. The van der Waals surface area contributed by atoms with Crippen molar-refractivity contribution in [2.75, 3.05) is 12.4 Å². The normalized spacial score (nSPS) is 18.6. The third kappa shape index (κ3) is 3.61. The molecule has 1 aromatic carbocycles. The van der Waals surface area contributed by atoms with Crippen LogP contribution in [0.25, 0.3) is 10.9 Å². The molecule has 0 atom stereocenters. The summed E-state index contributed by atoms with van der Waals surface area (Å²) in [6.07, 6.45) is 3.02. The molecule has 2 N–H and O–H groups in total. The molecule has 2 aromatic heterocycles. The van der Waals surface area contributed by atoms with Gasteiger partial charge in [-0.05, 0) is 25.0 Å². The predicted octanol–water partition coefficient (Wildman–Crippen LogP) is 2.85. The van der Waals surface area contributed by atoms with Gasteiger partial charge >= 0.3 is 0 Å².